The van der Waals surface area contributed by atoms with E-state index in [2.05, 4.69) is 10.6 Å². The highest BCUT2D eigenvalue weighted by Gasteiger charge is 2.34. The molecule has 2 fully saturated rings. The molecule has 1 aromatic heterocycles. The van der Waals surface area contributed by atoms with Crippen molar-refractivity contribution in [3.05, 3.63) is 45.8 Å². The average Bonchev–Trinajstić information content (AvgIpc) is 3.69. The van der Waals surface area contributed by atoms with E-state index in [1.54, 1.807) is 7.11 Å². The number of aryl methyl sites for hydroxylation is 1. The summed E-state index contributed by atoms with van der Waals surface area (Å²) in [5, 5.41) is 6.36. The molecule has 2 aromatic rings. The molecule has 1 heterocycles. The van der Waals surface area contributed by atoms with Gasteiger partial charge in [-0.1, -0.05) is 12.1 Å². The van der Waals surface area contributed by atoms with Crippen molar-refractivity contribution in [3.63, 3.8) is 0 Å². The molecular formula is C24H28N2O5S. The summed E-state index contributed by atoms with van der Waals surface area (Å²) in [5.74, 6) is 0.165. The van der Waals surface area contributed by atoms with Crippen molar-refractivity contribution in [1.29, 1.82) is 0 Å². The van der Waals surface area contributed by atoms with Gasteiger partial charge in [-0.05, 0) is 68.7 Å². The maximum absolute atomic E-state index is 12.8. The van der Waals surface area contributed by atoms with Gasteiger partial charge in [-0.2, -0.15) is 0 Å². The summed E-state index contributed by atoms with van der Waals surface area (Å²) in [6, 6.07) is 7.51. The zero-order valence-electron chi connectivity index (χ0n) is 18.5. The summed E-state index contributed by atoms with van der Waals surface area (Å²) in [5.41, 5.74) is 2.10. The standard InChI is InChI=1S/C24H28N2O5S/c1-13-14(2)32-23(26-22(28)17-6-7-17)20(13)24(29)31-12-19(27)25-21(15-4-5-15)16-8-10-18(30-3)11-9-16/h8-11,15,17,21H,4-7,12H2,1-3H3,(H,25,27)(H,26,28). The third kappa shape index (κ3) is 5.12. The maximum atomic E-state index is 12.8. The number of ether oxygens (including phenoxy) is 2. The lowest BCUT2D eigenvalue weighted by Crippen LogP contribution is -2.33. The van der Waals surface area contributed by atoms with E-state index < -0.39 is 5.97 Å². The zero-order valence-corrected chi connectivity index (χ0v) is 19.3. The number of thiophene rings is 1. The van der Waals surface area contributed by atoms with Gasteiger partial charge in [-0.15, -0.1) is 11.3 Å². The number of amides is 2. The van der Waals surface area contributed by atoms with Crippen molar-refractivity contribution in [2.45, 2.75) is 45.6 Å². The SMILES string of the molecule is COc1ccc(C(NC(=O)COC(=O)c2c(NC(=O)C3CC3)sc(C)c2C)C2CC2)cc1. The average molecular weight is 457 g/mol. The Balaban J connectivity index is 1.38. The summed E-state index contributed by atoms with van der Waals surface area (Å²) in [6.07, 6.45) is 3.86. The molecule has 170 valence electrons. The van der Waals surface area contributed by atoms with Crippen molar-refractivity contribution >= 4 is 34.1 Å². The molecule has 4 rings (SSSR count). The molecule has 2 aliphatic rings. The van der Waals surface area contributed by atoms with Gasteiger partial charge in [0.05, 0.1) is 18.7 Å². The first kappa shape index (κ1) is 22.3. The molecule has 7 nitrogen and oxygen atoms in total. The van der Waals surface area contributed by atoms with Crippen LogP contribution in [0.2, 0.25) is 0 Å². The van der Waals surface area contributed by atoms with E-state index in [0.717, 1.165) is 47.4 Å². The van der Waals surface area contributed by atoms with Crippen LogP contribution in [0.4, 0.5) is 5.00 Å². The van der Waals surface area contributed by atoms with E-state index in [4.69, 9.17) is 9.47 Å². The van der Waals surface area contributed by atoms with Crippen LogP contribution in [0.25, 0.3) is 0 Å². The molecule has 1 unspecified atom stereocenters. The number of nitrogens with one attached hydrogen (secondary N) is 2. The van der Waals surface area contributed by atoms with Gasteiger partial charge in [0.1, 0.15) is 10.8 Å². The predicted molar refractivity (Wildman–Crippen MR) is 122 cm³/mol. The number of benzene rings is 1. The van der Waals surface area contributed by atoms with E-state index in [0.29, 0.717) is 16.5 Å². The highest BCUT2D eigenvalue weighted by molar-refractivity contribution is 7.16. The fourth-order valence-corrected chi connectivity index (χ4v) is 4.70. The quantitative estimate of drug-likeness (QED) is 0.553. The number of hydrogen-bond acceptors (Lipinski definition) is 6. The van der Waals surface area contributed by atoms with Crippen molar-refractivity contribution in [2.75, 3.05) is 19.0 Å². The Morgan fingerprint density at radius 2 is 1.78 bits per heavy atom. The molecule has 0 bridgehead atoms. The number of esters is 1. The summed E-state index contributed by atoms with van der Waals surface area (Å²) in [4.78, 5) is 38.5. The topological polar surface area (TPSA) is 93.7 Å². The molecule has 32 heavy (non-hydrogen) atoms. The molecule has 0 saturated heterocycles. The minimum absolute atomic E-state index is 0.0321. The van der Waals surface area contributed by atoms with Gasteiger partial charge in [0.15, 0.2) is 6.61 Å². The second-order valence-corrected chi connectivity index (χ2v) is 9.71. The molecule has 2 N–H and O–H groups in total. The first-order valence-corrected chi connectivity index (χ1v) is 11.7. The van der Waals surface area contributed by atoms with Crippen LogP contribution in [0.3, 0.4) is 0 Å². The Morgan fingerprint density at radius 1 is 1.09 bits per heavy atom. The summed E-state index contributed by atoms with van der Waals surface area (Å²) in [7, 11) is 1.61. The maximum Gasteiger partial charge on any atom is 0.341 e. The van der Waals surface area contributed by atoms with Crippen LogP contribution in [-0.4, -0.2) is 31.5 Å². The number of hydrogen-bond donors (Lipinski definition) is 2. The molecule has 2 saturated carbocycles. The largest absolute Gasteiger partial charge is 0.497 e. The second kappa shape index (κ2) is 9.32. The molecule has 0 spiro atoms. The van der Waals surface area contributed by atoms with Gasteiger partial charge in [0.25, 0.3) is 5.91 Å². The van der Waals surface area contributed by atoms with Gasteiger partial charge in [-0.3, -0.25) is 9.59 Å². The Hall–Kier alpha value is -2.87. The normalized spacial score (nSPS) is 16.2. The molecular weight excluding hydrogens is 428 g/mol. The third-order valence-electron chi connectivity index (χ3n) is 5.99. The molecule has 1 aromatic carbocycles. The van der Waals surface area contributed by atoms with E-state index in [-0.39, 0.29) is 30.4 Å². The Bertz CT molecular complexity index is 1020. The number of rotatable bonds is 9. The molecule has 0 aliphatic heterocycles. The van der Waals surface area contributed by atoms with Gasteiger partial charge < -0.3 is 20.1 Å². The van der Waals surface area contributed by atoms with E-state index in [1.165, 1.54) is 11.3 Å². The lowest BCUT2D eigenvalue weighted by molar-refractivity contribution is -0.125. The van der Waals surface area contributed by atoms with Gasteiger partial charge in [0.2, 0.25) is 5.91 Å². The number of anilines is 1. The van der Waals surface area contributed by atoms with Crippen molar-refractivity contribution < 1.29 is 23.9 Å². The molecule has 1 atom stereocenters. The molecule has 0 radical (unpaired) electrons. The lowest BCUT2D eigenvalue weighted by atomic mass is 10.0. The summed E-state index contributed by atoms with van der Waals surface area (Å²) < 4.78 is 10.5. The van der Waals surface area contributed by atoms with Crippen molar-refractivity contribution in [2.24, 2.45) is 11.8 Å². The zero-order chi connectivity index (χ0) is 22.8. The third-order valence-corrected chi connectivity index (χ3v) is 7.12. The monoisotopic (exact) mass is 456 g/mol. The van der Waals surface area contributed by atoms with Crippen molar-refractivity contribution in [1.82, 2.24) is 5.32 Å². The fourth-order valence-electron chi connectivity index (χ4n) is 3.65. The Kier molecular flexibility index (Phi) is 6.50. The molecule has 2 aliphatic carbocycles. The summed E-state index contributed by atoms with van der Waals surface area (Å²) >= 11 is 1.36. The number of methoxy groups -OCH3 is 1. The van der Waals surface area contributed by atoms with Gasteiger partial charge in [-0.25, -0.2) is 4.79 Å². The van der Waals surface area contributed by atoms with Crippen LogP contribution in [0.1, 0.15) is 58.1 Å². The minimum atomic E-state index is -0.597. The number of carbonyl (C=O) groups is 3. The predicted octanol–water partition coefficient (Wildman–Crippen LogP) is 4.15. The van der Waals surface area contributed by atoms with Crippen LogP contribution < -0.4 is 15.4 Å². The van der Waals surface area contributed by atoms with Crippen molar-refractivity contribution in [3.8, 4) is 5.75 Å². The van der Waals surface area contributed by atoms with E-state index >= 15 is 0 Å². The van der Waals surface area contributed by atoms with Crippen LogP contribution >= 0.6 is 11.3 Å². The minimum Gasteiger partial charge on any atom is -0.497 e. The Labute approximate surface area is 191 Å². The molecule has 2 amide bonds. The Morgan fingerprint density at radius 3 is 2.38 bits per heavy atom. The van der Waals surface area contributed by atoms with E-state index in [1.807, 2.05) is 38.1 Å². The smallest absolute Gasteiger partial charge is 0.341 e. The van der Waals surface area contributed by atoms with E-state index in [9.17, 15) is 14.4 Å². The summed E-state index contributed by atoms with van der Waals surface area (Å²) in [6.45, 7) is 3.34. The number of carbonyl (C=O) groups excluding carboxylic acids is 3. The molecule has 8 heteroatoms. The second-order valence-electron chi connectivity index (χ2n) is 8.48. The first-order chi connectivity index (χ1) is 15.4. The first-order valence-electron chi connectivity index (χ1n) is 10.9. The highest BCUT2D eigenvalue weighted by atomic mass is 32.1. The van der Waals surface area contributed by atoms with Crippen LogP contribution in [0.15, 0.2) is 24.3 Å². The fraction of sp³-hybridized carbons (Fsp3) is 0.458. The van der Waals surface area contributed by atoms with Crippen LogP contribution in [0.5, 0.6) is 5.75 Å². The van der Waals surface area contributed by atoms with Crippen LogP contribution in [0, 0.1) is 25.7 Å². The van der Waals surface area contributed by atoms with Gasteiger partial charge in [0, 0.05) is 10.8 Å². The lowest BCUT2D eigenvalue weighted by Gasteiger charge is -2.19. The highest BCUT2D eigenvalue weighted by Crippen LogP contribution is 2.41. The van der Waals surface area contributed by atoms with Gasteiger partial charge >= 0.3 is 5.97 Å². The van der Waals surface area contributed by atoms with Crippen LogP contribution in [-0.2, 0) is 14.3 Å².